The van der Waals surface area contributed by atoms with Crippen molar-refractivity contribution in [2.45, 2.75) is 13.0 Å². The monoisotopic (exact) mass is 349 g/mol. The molecule has 0 radical (unpaired) electrons. The molecule has 3 aromatic rings. The van der Waals surface area contributed by atoms with E-state index in [1.807, 2.05) is 31.2 Å². The van der Waals surface area contributed by atoms with Crippen molar-refractivity contribution in [3.63, 3.8) is 0 Å². The highest BCUT2D eigenvalue weighted by atomic mass is 16.5. The van der Waals surface area contributed by atoms with Crippen molar-refractivity contribution in [2.75, 3.05) is 7.11 Å². The Hall–Kier alpha value is -3.34. The lowest BCUT2D eigenvalue weighted by Gasteiger charge is -2.13. The second-order valence-corrected chi connectivity index (χ2v) is 5.85. The Bertz CT molecular complexity index is 1000. The number of hydrogen-bond acceptors (Lipinski definition) is 4. The van der Waals surface area contributed by atoms with E-state index in [4.69, 9.17) is 9.15 Å². The number of para-hydroxylation sites is 1. The van der Waals surface area contributed by atoms with Crippen LogP contribution in [0.15, 0.2) is 70.1 Å². The minimum absolute atomic E-state index is 0.167. The minimum Gasteiger partial charge on any atom is -0.497 e. The van der Waals surface area contributed by atoms with Crippen LogP contribution in [-0.4, -0.2) is 13.0 Å². The van der Waals surface area contributed by atoms with Gasteiger partial charge in [-0.15, -0.1) is 0 Å². The summed E-state index contributed by atoms with van der Waals surface area (Å²) in [5, 5.41) is 3.35. The van der Waals surface area contributed by atoms with Gasteiger partial charge in [0.25, 0.3) is 0 Å². The predicted octanol–water partition coefficient (Wildman–Crippen LogP) is 3.69. The van der Waals surface area contributed by atoms with Crippen LogP contribution in [0.25, 0.3) is 17.0 Å². The van der Waals surface area contributed by atoms with Crippen LogP contribution in [0.5, 0.6) is 5.75 Å². The van der Waals surface area contributed by atoms with Crippen LogP contribution in [0.4, 0.5) is 0 Å². The Morgan fingerprint density at radius 3 is 2.62 bits per heavy atom. The van der Waals surface area contributed by atoms with Crippen molar-refractivity contribution < 1.29 is 13.9 Å². The standard InChI is InChI=1S/C21H19NO4/c1-14(15-7-10-17(25-2)11-8-15)22-20(23)12-9-16-13-26-19-6-4-3-5-18(19)21(16)24/h3-14H,1-2H3,(H,22,23)/b12-9+. The topological polar surface area (TPSA) is 68.5 Å². The van der Waals surface area contributed by atoms with Crippen LogP contribution < -0.4 is 15.5 Å². The van der Waals surface area contributed by atoms with Gasteiger partial charge in [0.2, 0.25) is 5.91 Å². The van der Waals surface area contributed by atoms with Crippen molar-refractivity contribution in [1.82, 2.24) is 5.32 Å². The smallest absolute Gasteiger partial charge is 0.244 e. The third-order valence-electron chi connectivity index (χ3n) is 4.10. The molecule has 5 heteroatoms. The molecule has 1 atom stereocenters. The first-order valence-corrected chi connectivity index (χ1v) is 8.21. The van der Waals surface area contributed by atoms with E-state index in [0.29, 0.717) is 16.5 Å². The van der Waals surface area contributed by atoms with Gasteiger partial charge in [-0.3, -0.25) is 9.59 Å². The zero-order valence-electron chi connectivity index (χ0n) is 14.6. The van der Waals surface area contributed by atoms with Crippen LogP contribution in [0.2, 0.25) is 0 Å². The molecule has 0 fully saturated rings. The van der Waals surface area contributed by atoms with Crippen molar-refractivity contribution in [3.8, 4) is 5.75 Å². The van der Waals surface area contributed by atoms with Crippen LogP contribution in [0, 0.1) is 0 Å². The molecular formula is C21H19NO4. The van der Waals surface area contributed by atoms with Gasteiger partial charge in [0.05, 0.1) is 24.1 Å². The molecule has 0 aliphatic carbocycles. The predicted molar refractivity (Wildman–Crippen MR) is 101 cm³/mol. The Labute approximate surface area is 150 Å². The van der Waals surface area contributed by atoms with Gasteiger partial charge in [-0.1, -0.05) is 24.3 Å². The van der Waals surface area contributed by atoms with Gasteiger partial charge in [0.1, 0.15) is 17.6 Å². The first-order valence-electron chi connectivity index (χ1n) is 8.21. The Morgan fingerprint density at radius 2 is 1.88 bits per heavy atom. The van der Waals surface area contributed by atoms with Crippen LogP contribution >= 0.6 is 0 Å². The number of carbonyl (C=O) groups is 1. The van der Waals surface area contributed by atoms with Crippen molar-refractivity contribution in [3.05, 3.63) is 82.2 Å². The lowest BCUT2D eigenvalue weighted by molar-refractivity contribution is -0.117. The number of amides is 1. The van der Waals surface area contributed by atoms with E-state index in [1.54, 1.807) is 31.4 Å². The summed E-state index contributed by atoms with van der Waals surface area (Å²) < 4.78 is 10.6. The Balaban J connectivity index is 1.71. The summed E-state index contributed by atoms with van der Waals surface area (Å²) in [5.41, 5.74) is 1.64. The fraction of sp³-hybridized carbons (Fsp3) is 0.143. The van der Waals surface area contributed by atoms with E-state index in [1.165, 1.54) is 18.4 Å². The van der Waals surface area contributed by atoms with Gasteiger partial charge in [-0.05, 0) is 42.8 Å². The molecule has 2 aromatic carbocycles. The zero-order chi connectivity index (χ0) is 18.5. The highest BCUT2D eigenvalue weighted by molar-refractivity contribution is 5.92. The number of nitrogens with one attached hydrogen (secondary N) is 1. The average Bonchev–Trinajstić information content (AvgIpc) is 2.67. The van der Waals surface area contributed by atoms with Gasteiger partial charge < -0.3 is 14.5 Å². The summed E-state index contributed by atoms with van der Waals surface area (Å²) in [5.74, 6) is 0.469. The van der Waals surface area contributed by atoms with Gasteiger partial charge >= 0.3 is 0 Å². The molecule has 0 spiro atoms. The third-order valence-corrected chi connectivity index (χ3v) is 4.10. The second kappa shape index (κ2) is 7.70. The quantitative estimate of drug-likeness (QED) is 0.713. The normalized spacial score (nSPS) is 12.2. The largest absolute Gasteiger partial charge is 0.497 e. The van der Waals surface area contributed by atoms with E-state index in [2.05, 4.69) is 5.32 Å². The van der Waals surface area contributed by atoms with E-state index >= 15 is 0 Å². The van der Waals surface area contributed by atoms with Crippen LogP contribution in [0.1, 0.15) is 24.1 Å². The number of benzene rings is 2. The molecule has 3 rings (SSSR count). The van der Waals surface area contributed by atoms with E-state index in [-0.39, 0.29) is 17.4 Å². The zero-order valence-corrected chi connectivity index (χ0v) is 14.6. The number of ether oxygens (including phenoxy) is 1. The highest BCUT2D eigenvalue weighted by Crippen LogP contribution is 2.17. The molecule has 1 aromatic heterocycles. The lowest BCUT2D eigenvalue weighted by atomic mass is 10.1. The molecule has 1 heterocycles. The maximum absolute atomic E-state index is 12.4. The molecule has 0 aliphatic heterocycles. The van der Waals surface area contributed by atoms with Gasteiger partial charge in [-0.2, -0.15) is 0 Å². The number of hydrogen-bond donors (Lipinski definition) is 1. The molecule has 0 bridgehead atoms. The molecule has 0 saturated heterocycles. The lowest BCUT2D eigenvalue weighted by Crippen LogP contribution is -2.24. The number of rotatable bonds is 5. The van der Waals surface area contributed by atoms with Crippen molar-refractivity contribution in [2.24, 2.45) is 0 Å². The molecule has 26 heavy (non-hydrogen) atoms. The molecule has 1 amide bonds. The van der Waals surface area contributed by atoms with Crippen LogP contribution in [-0.2, 0) is 4.79 Å². The van der Waals surface area contributed by atoms with Gasteiger partial charge in [-0.25, -0.2) is 0 Å². The second-order valence-electron chi connectivity index (χ2n) is 5.85. The number of carbonyl (C=O) groups excluding carboxylic acids is 1. The first kappa shape index (κ1) is 17.5. The Kier molecular flexibility index (Phi) is 5.17. The fourth-order valence-corrected chi connectivity index (χ4v) is 2.61. The fourth-order valence-electron chi connectivity index (χ4n) is 2.61. The van der Waals surface area contributed by atoms with Gasteiger partial charge in [0, 0.05) is 6.08 Å². The highest BCUT2D eigenvalue weighted by Gasteiger charge is 2.08. The Morgan fingerprint density at radius 1 is 1.15 bits per heavy atom. The van der Waals surface area contributed by atoms with E-state index in [0.717, 1.165) is 11.3 Å². The maximum Gasteiger partial charge on any atom is 0.244 e. The van der Waals surface area contributed by atoms with Gasteiger partial charge in [0.15, 0.2) is 5.43 Å². The molecule has 0 aliphatic rings. The number of methoxy groups -OCH3 is 1. The average molecular weight is 349 g/mol. The summed E-state index contributed by atoms with van der Waals surface area (Å²) in [6.45, 7) is 1.89. The summed E-state index contributed by atoms with van der Waals surface area (Å²) in [6, 6.07) is 14.3. The first-order chi connectivity index (χ1) is 12.6. The molecule has 0 saturated carbocycles. The van der Waals surface area contributed by atoms with Crippen molar-refractivity contribution >= 4 is 23.0 Å². The van der Waals surface area contributed by atoms with Crippen molar-refractivity contribution in [1.29, 1.82) is 0 Å². The maximum atomic E-state index is 12.4. The van der Waals surface area contributed by atoms with Crippen LogP contribution in [0.3, 0.4) is 0 Å². The summed E-state index contributed by atoms with van der Waals surface area (Å²) in [4.78, 5) is 24.5. The summed E-state index contributed by atoms with van der Waals surface area (Å²) >= 11 is 0. The SMILES string of the molecule is COc1ccc(C(C)NC(=O)/C=C/c2coc3ccccc3c2=O)cc1. The summed E-state index contributed by atoms with van der Waals surface area (Å²) in [6.07, 6.45) is 4.16. The van der Waals surface area contributed by atoms with E-state index in [9.17, 15) is 9.59 Å². The molecule has 5 nitrogen and oxygen atoms in total. The molecular weight excluding hydrogens is 330 g/mol. The van der Waals surface area contributed by atoms with E-state index < -0.39 is 0 Å². The number of fused-ring (bicyclic) bond motifs is 1. The minimum atomic E-state index is -0.291. The molecule has 1 N–H and O–H groups in total. The third kappa shape index (κ3) is 3.83. The molecule has 132 valence electrons. The molecule has 1 unspecified atom stereocenters. The summed E-state index contributed by atoms with van der Waals surface area (Å²) in [7, 11) is 1.61.